The van der Waals surface area contributed by atoms with Crippen molar-refractivity contribution < 1.29 is 23.1 Å². The molecule has 2 aromatic carbocycles. The molecule has 4 rings (SSSR count). The lowest BCUT2D eigenvalue weighted by Crippen LogP contribution is -2.50. The van der Waals surface area contributed by atoms with Gasteiger partial charge in [0, 0.05) is 37.3 Å². The van der Waals surface area contributed by atoms with E-state index in [4.69, 9.17) is 23.2 Å². The number of hydrogen-bond donors (Lipinski definition) is 1. The van der Waals surface area contributed by atoms with E-state index >= 15 is 0 Å². The Morgan fingerprint density at radius 2 is 1.82 bits per heavy atom. The molecule has 1 N–H and O–H groups in total. The van der Waals surface area contributed by atoms with Crippen molar-refractivity contribution in [1.82, 2.24) is 4.90 Å². The van der Waals surface area contributed by atoms with Gasteiger partial charge in [-0.25, -0.2) is 0 Å². The summed E-state index contributed by atoms with van der Waals surface area (Å²) in [7, 11) is 0. The number of benzene rings is 2. The quantitative estimate of drug-likeness (QED) is 0.382. The first-order valence-electron chi connectivity index (χ1n) is 11.1. The summed E-state index contributed by atoms with van der Waals surface area (Å²) in [5.74, 6) is -0.705. The number of carbonyl (C=O) groups is 1. The molecule has 4 nitrogen and oxygen atoms in total. The van der Waals surface area contributed by atoms with Crippen molar-refractivity contribution in [3.05, 3.63) is 60.6 Å². The molecule has 0 spiro atoms. The van der Waals surface area contributed by atoms with Gasteiger partial charge in [0.05, 0.1) is 11.3 Å². The van der Waals surface area contributed by atoms with Crippen LogP contribution in [-0.2, 0) is 16.6 Å². The summed E-state index contributed by atoms with van der Waals surface area (Å²) in [6, 6.07) is 6.89. The molecular weight excluding hydrogens is 603 g/mol. The Kier molecular flexibility index (Phi) is 7.21. The van der Waals surface area contributed by atoms with Crippen LogP contribution in [0.1, 0.15) is 43.4 Å². The van der Waals surface area contributed by atoms with Crippen LogP contribution in [0, 0.1) is 9.49 Å². The third-order valence-electron chi connectivity index (χ3n) is 6.90. The van der Waals surface area contributed by atoms with E-state index in [0.29, 0.717) is 9.61 Å². The van der Waals surface area contributed by atoms with E-state index in [-0.39, 0.29) is 33.8 Å². The summed E-state index contributed by atoms with van der Waals surface area (Å²) in [6.07, 6.45) is -3.09. The normalized spacial score (nSPS) is 24.5. The fourth-order valence-electron chi connectivity index (χ4n) is 5.18. The van der Waals surface area contributed by atoms with Crippen molar-refractivity contribution in [2.45, 2.75) is 44.5 Å². The summed E-state index contributed by atoms with van der Waals surface area (Å²) in [6.45, 7) is 6.25. The van der Waals surface area contributed by atoms with Gasteiger partial charge in [-0.3, -0.25) is 4.79 Å². The van der Waals surface area contributed by atoms with Crippen molar-refractivity contribution in [3.63, 3.8) is 0 Å². The van der Waals surface area contributed by atoms with Crippen LogP contribution in [0.2, 0.25) is 10.0 Å². The van der Waals surface area contributed by atoms with Crippen molar-refractivity contribution in [1.29, 1.82) is 0 Å². The third kappa shape index (κ3) is 4.34. The number of hydrogen-bond acceptors (Lipinski definition) is 3. The average molecular weight is 627 g/mol. The molecule has 0 bridgehead atoms. The van der Waals surface area contributed by atoms with Gasteiger partial charge in [-0.2, -0.15) is 13.2 Å². The molecule has 2 aliphatic rings. The molecule has 10 heteroatoms. The number of nitrogens with zero attached hydrogens (tertiary/aromatic N) is 2. The molecule has 1 saturated carbocycles. The summed E-state index contributed by atoms with van der Waals surface area (Å²) >= 11 is 14.1. The van der Waals surface area contributed by atoms with Gasteiger partial charge in [-0.15, -0.1) is 0 Å². The van der Waals surface area contributed by atoms with E-state index in [9.17, 15) is 23.1 Å². The summed E-state index contributed by atoms with van der Waals surface area (Å²) in [5.41, 5.74) is -4.14. The fourth-order valence-corrected chi connectivity index (χ4v) is 6.33. The second-order valence-corrected chi connectivity index (χ2v) is 10.9. The molecule has 1 amide bonds. The highest BCUT2D eigenvalue weighted by Crippen LogP contribution is 2.52. The van der Waals surface area contributed by atoms with E-state index in [1.165, 1.54) is 29.2 Å². The van der Waals surface area contributed by atoms with E-state index in [2.05, 4.69) is 18.7 Å². The Morgan fingerprint density at radius 3 is 2.38 bits per heavy atom. The van der Waals surface area contributed by atoms with Crippen molar-refractivity contribution in [3.8, 4) is 0 Å². The minimum absolute atomic E-state index is 0.0732. The van der Waals surface area contributed by atoms with Gasteiger partial charge in [0.15, 0.2) is 5.60 Å². The molecule has 1 unspecified atom stereocenters. The van der Waals surface area contributed by atoms with Crippen LogP contribution in [0.15, 0.2) is 30.3 Å². The first-order valence-corrected chi connectivity index (χ1v) is 12.9. The largest absolute Gasteiger partial charge is 0.416 e. The molecule has 1 atom stereocenters. The number of aliphatic hydroxyl groups is 1. The van der Waals surface area contributed by atoms with Gasteiger partial charge >= 0.3 is 6.18 Å². The highest BCUT2D eigenvalue weighted by atomic mass is 127. The van der Waals surface area contributed by atoms with Gasteiger partial charge < -0.3 is 14.9 Å². The van der Waals surface area contributed by atoms with Crippen molar-refractivity contribution in [2.24, 2.45) is 5.92 Å². The van der Waals surface area contributed by atoms with Crippen LogP contribution in [0.3, 0.4) is 0 Å². The van der Waals surface area contributed by atoms with E-state index in [1.807, 2.05) is 0 Å². The third-order valence-corrected chi connectivity index (χ3v) is 8.07. The summed E-state index contributed by atoms with van der Waals surface area (Å²) < 4.78 is 42.8. The minimum Gasteiger partial charge on any atom is -0.372 e. The second kappa shape index (κ2) is 9.42. The smallest absolute Gasteiger partial charge is 0.372 e. The van der Waals surface area contributed by atoms with Crippen LogP contribution in [-0.4, -0.2) is 41.6 Å². The standard InChI is InChI=1S/C24H24Cl2F3IN2O2/c1-3-31(4-2)16-7-13(8-16)12-32-20-11-15(30)10-18(24(27,28)29)21(20)23(34,22(32)33)17-6-5-14(25)9-19(17)26/h5-6,9-11,13,16,34H,3-4,7-8,12H2,1-2H3/t13-,16+,23?. The number of halogens is 6. The predicted octanol–water partition coefficient (Wildman–Crippen LogP) is 6.32. The van der Waals surface area contributed by atoms with Crippen LogP contribution in [0.4, 0.5) is 18.9 Å². The Hall–Kier alpha value is -1.07. The van der Waals surface area contributed by atoms with E-state index < -0.39 is 28.8 Å². The minimum atomic E-state index is -4.78. The van der Waals surface area contributed by atoms with E-state index in [1.54, 1.807) is 22.6 Å². The van der Waals surface area contributed by atoms with E-state index in [0.717, 1.165) is 32.0 Å². The molecule has 1 fully saturated rings. The van der Waals surface area contributed by atoms with Crippen LogP contribution < -0.4 is 4.90 Å². The molecule has 0 aromatic heterocycles. The monoisotopic (exact) mass is 626 g/mol. The maximum atomic E-state index is 14.2. The highest BCUT2D eigenvalue weighted by Gasteiger charge is 2.57. The lowest BCUT2D eigenvalue weighted by atomic mass is 9.78. The molecule has 0 radical (unpaired) electrons. The first-order chi connectivity index (χ1) is 15.9. The Balaban J connectivity index is 1.80. The lowest BCUT2D eigenvalue weighted by molar-refractivity contribution is -0.142. The van der Waals surface area contributed by atoms with Crippen LogP contribution in [0.25, 0.3) is 0 Å². The van der Waals surface area contributed by atoms with Gasteiger partial charge in [-0.1, -0.05) is 43.1 Å². The SMILES string of the molecule is CCN(CC)[C@H]1C[C@@H](CN2C(=O)C(O)(c3ccc(Cl)cc3Cl)c3c2cc(I)cc3C(F)(F)F)C1. The molecule has 2 aromatic rings. The zero-order chi connectivity index (χ0) is 25.0. The Bertz CT molecular complexity index is 1120. The highest BCUT2D eigenvalue weighted by molar-refractivity contribution is 14.1. The Labute approximate surface area is 220 Å². The van der Waals surface area contributed by atoms with Gasteiger partial charge in [0.1, 0.15) is 0 Å². The molecule has 1 aliphatic heterocycles. The lowest BCUT2D eigenvalue weighted by Gasteiger charge is -2.43. The van der Waals surface area contributed by atoms with Crippen molar-refractivity contribution in [2.75, 3.05) is 24.5 Å². The first kappa shape index (κ1) is 26.0. The topological polar surface area (TPSA) is 43.8 Å². The molecule has 1 heterocycles. The van der Waals surface area contributed by atoms with Gasteiger partial charge in [-0.05, 0) is 78.7 Å². The molecular formula is C24H24Cl2F3IN2O2. The molecule has 34 heavy (non-hydrogen) atoms. The Morgan fingerprint density at radius 1 is 1.18 bits per heavy atom. The number of carbonyl (C=O) groups excluding carboxylic acids is 1. The summed E-state index contributed by atoms with van der Waals surface area (Å²) in [4.78, 5) is 17.4. The zero-order valence-electron chi connectivity index (χ0n) is 18.6. The van der Waals surface area contributed by atoms with Gasteiger partial charge in [0.2, 0.25) is 0 Å². The molecule has 184 valence electrons. The van der Waals surface area contributed by atoms with Crippen LogP contribution >= 0.6 is 45.8 Å². The number of alkyl halides is 3. The molecule has 1 aliphatic carbocycles. The predicted molar refractivity (Wildman–Crippen MR) is 135 cm³/mol. The number of amides is 1. The van der Waals surface area contributed by atoms with Crippen LogP contribution in [0.5, 0.6) is 0 Å². The number of anilines is 1. The number of rotatable bonds is 6. The number of fused-ring (bicyclic) bond motifs is 1. The fraction of sp³-hybridized carbons (Fsp3) is 0.458. The average Bonchev–Trinajstić information content (AvgIpc) is 2.93. The maximum absolute atomic E-state index is 14.2. The molecule has 0 saturated heterocycles. The summed E-state index contributed by atoms with van der Waals surface area (Å²) in [5, 5.41) is 11.9. The second-order valence-electron chi connectivity index (χ2n) is 8.81. The zero-order valence-corrected chi connectivity index (χ0v) is 22.3. The van der Waals surface area contributed by atoms with Gasteiger partial charge in [0.25, 0.3) is 5.91 Å². The maximum Gasteiger partial charge on any atom is 0.416 e. The van der Waals surface area contributed by atoms with Crippen molar-refractivity contribution >= 4 is 57.4 Å².